The van der Waals surface area contributed by atoms with Gasteiger partial charge in [-0.25, -0.2) is 24.3 Å². The van der Waals surface area contributed by atoms with Gasteiger partial charge in [0.1, 0.15) is 11.4 Å². The molecule has 0 bridgehead atoms. The Bertz CT molecular complexity index is 1350. The van der Waals surface area contributed by atoms with Crippen LogP contribution in [0, 0.1) is 5.82 Å². The molecule has 1 aliphatic rings. The molecule has 9 nitrogen and oxygen atoms in total. The molecule has 4 aromatic rings. The van der Waals surface area contributed by atoms with E-state index in [0.717, 1.165) is 47.7 Å². The van der Waals surface area contributed by atoms with E-state index in [1.54, 1.807) is 21.6 Å². The molecule has 3 aromatic heterocycles. The predicted molar refractivity (Wildman–Crippen MR) is 146 cm³/mol. The number of fused-ring (bicyclic) bond motifs is 1. The van der Waals surface area contributed by atoms with Crippen molar-refractivity contribution in [1.29, 1.82) is 0 Å². The Labute approximate surface area is 222 Å². The molecule has 190 valence electrons. The van der Waals surface area contributed by atoms with Gasteiger partial charge in [0.2, 0.25) is 5.95 Å². The van der Waals surface area contributed by atoms with E-state index in [2.05, 4.69) is 44.3 Å². The van der Waals surface area contributed by atoms with E-state index in [1.807, 2.05) is 18.2 Å². The number of rotatable bonds is 7. The van der Waals surface area contributed by atoms with Crippen LogP contribution in [0.3, 0.4) is 0 Å². The van der Waals surface area contributed by atoms with Crippen LogP contribution in [0.25, 0.3) is 21.5 Å². The van der Waals surface area contributed by atoms with E-state index in [1.165, 1.54) is 11.3 Å². The van der Waals surface area contributed by atoms with Gasteiger partial charge in [0.25, 0.3) is 5.91 Å². The van der Waals surface area contributed by atoms with Gasteiger partial charge < -0.3 is 20.4 Å². The van der Waals surface area contributed by atoms with Crippen molar-refractivity contribution in [1.82, 2.24) is 30.2 Å². The van der Waals surface area contributed by atoms with E-state index in [-0.39, 0.29) is 30.0 Å². The Kier molecular flexibility index (Phi) is 8.29. The summed E-state index contributed by atoms with van der Waals surface area (Å²) in [6, 6.07) is 5.61. The number of piperazine rings is 1. The van der Waals surface area contributed by atoms with Crippen molar-refractivity contribution in [2.24, 2.45) is 0 Å². The van der Waals surface area contributed by atoms with Crippen molar-refractivity contribution in [2.45, 2.75) is 13.8 Å². The summed E-state index contributed by atoms with van der Waals surface area (Å²) >= 11 is 2.86. The number of anilines is 3. The molecule has 0 atom stereocenters. The van der Waals surface area contributed by atoms with E-state index >= 15 is 0 Å². The minimum atomic E-state index is -0.517. The van der Waals surface area contributed by atoms with E-state index in [9.17, 15) is 9.18 Å². The van der Waals surface area contributed by atoms with Crippen LogP contribution >= 0.6 is 35.1 Å². The number of nitrogens with one attached hydrogen (secondary N) is 2. The lowest BCUT2D eigenvalue weighted by molar-refractivity contribution is 0.0731. The smallest absolute Gasteiger partial charge is 0.273 e. The lowest BCUT2D eigenvalue weighted by Gasteiger charge is -2.26. The molecule has 0 spiro atoms. The van der Waals surface area contributed by atoms with Crippen LogP contribution in [0.2, 0.25) is 0 Å². The summed E-state index contributed by atoms with van der Waals surface area (Å²) in [5.41, 5.74) is 2.08. The maximum Gasteiger partial charge on any atom is 0.273 e. The zero-order chi connectivity index (χ0) is 24.4. The SMILES string of the molecule is CCN(CC)c1nc2ccc(-c3nc(Nc4nc(C(=O)N5CCNCC5)cs4)ncc3F)cc2s1.Cl. The summed E-state index contributed by atoms with van der Waals surface area (Å²) in [7, 11) is 0. The van der Waals surface area contributed by atoms with Gasteiger partial charge >= 0.3 is 0 Å². The molecule has 2 N–H and O–H groups in total. The Morgan fingerprint density at radius 1 is 1.19 bits per heavy atom. The van der Waals surface area contributed by atoms with Crippen LogP contribution in [0.4, 0.5) is 20.6 Å². The number of benzene rings is 1. The predicted octanol–water partition coefficient (Wildman–Crippen LogP) is 4.41. The van der Waals surface area contributed by atoms with Gasteiger partial charge in [0, 0.05) is 50.2 Å². The van der Waals surface area contributed by atoms with Crippen molar-refractivity contribution in [3.05, 3.63) is 41.3 Å². The molecular weight excluding hydrogens is 523 g/mol. The first-order chi connectivity index (χ1) is 17.1. The van der Waals surface area contributed by atoms with E-state index in [4.69, 9.17) is 4.98 Å². The van der Waals surface area contributed by atoms with Crippen LogP contribution in [-0.2, 0) is 0 Å². The van der Waals surface area contributed by atoms with Gasteiger partial charge in [-0.15, -0.1) is 23.7 Å². The monoisotopic (exact) mass is 548 g/mol. The largest absolute Gasteiger partial charge is 0.349 e. The fourth-order valence-corrected chi connectivity index (χ4v) is 5.68. The number of carbonyl (C=O) groups is 1. The molecule has 13 heteroatoms. The molecule has 1 fully saturated rings. The molecule has 4 heterocycles. The molecule has 1 saturated heterocycles. The number of hydrogen-bond acceptors (Lipinski definition) is 10. The van der Waals surface area contributed by atoms with Gasteiger partial charge in [-0.05, 0) is 26.0 Å². The van der Waals surface area contributed by atoms with Gasteiger partial charge in [-0.1, -0.05) is 17.4 Å². The third kappa shape index (κ3) is 5.41. The second-order valence-corrected chi connectivity index (χ2v) is 9.81. The van der Waals surface area contributed by atoms with Gasteiger partial charge in [-0.2, -0.15) is 0 Å². The van der Waals surface area contributed by atoms with Crippen LogP contribution in [-0.4, -0.2) is 70.0 Å². The Hall–Kier alpha value is -2.93. The highest BCUT2D eigenvalue weighted by Crippen LogP contribution is 2.33. The number of hydrogen-bond donors (Lipinski definition) is 2. The zero-order valence-corrected chi connectivity index (χ0v) is 22.3. The zero-order valence-electron chi connectivity index (χ0n) is 19.8. The third-order valence-corrected chi connectivity index (χ3v) is 7.61. The molecule has 1 aliphatic heterocycles. The first kappa shape index (κ1) is 26.1. The first-order valence-corrected chi connectivity index (χ1v) is 13.2. The Morgan fingerprint density at radius 3 is 2.72 bits per heavy atom. The van der Waals surface area contributed by atoms with Gasteiger partial charge in [0.15, 0.2) is 16.1 Å². The molecule has 0 unspecified atom stereocenters. The highest BCUT2D eigenvalue weighted by Gasteiger charge is 2.21. The van der Waals surface area contributed by atoms with Crippen LogP contribution < -0.4 is 15.5 Å². The van der Waals surface area contributed by atoms with E-state index < -0.39 is 5.82 Å². The quantitative estimate of drug-likeness (QED) is 0.350. The summed E-state index contributed by atoms with van der Waals surface area (Å²) < 4.78 is 15.7. The molecule has 1 aromatic carbocycles. The fourth-order valence-electron chi connectivity index (χ4n) is 3.87. The number of halogens is 2. The molecule has 36 heavy (non-hydrogen) atoms. The number of aromatic nitrogens is 4. The van der Waals surface area contributed by atoms with Gasteiger partial charge in [0.05, 0.1) is 16.4 Å². The highest BCUT2D eigenvalue weighted by molar-refractivity contribution is 7.22. The van der Waals surface area contributed by atoms with Crippen molar-refractivity contribution in [3.8, 4) is 11.3 Å². The molecule has 5 rings (SSSR count). The lowest BCUT2D eigenvalue weighted by Crippen LogP contribution is -2.46. The van der Waals surface area contributed by atoms with Crippen molar-refractivity contribution in [2.75, 3.05) is 49.5 Å². The maximum atomic E-state index is 14.7. The number of thiazole rings is 2. The van der Waals surface area contributed by atoms with Crippen LogP contribution in [0.5, 0.6) is 0 Å². The first-order valence-electron chi connectivity index (χ1n) is 11.5. The summed E-state index contributed by atoms with van der Waals surface area (Å²) in [4.78, 5) is 34.2. The second kappa shape index (κ2) is 11.4. The average Bonchev–Trinajstić information content (AvgIpc) is 3.53. The van der Waals surface area contributed by atoms with Crippen molar-refractivity contribution >= 4 is 67.4 Å². The number of nitrogens with zero attached hydrogens (tertiary/aromatic N) is 6. The molecular formula is C23H26ClFN8OS2. The fraction of sp³-hybridized carbons (Fsp3) is 0.348. The summed E-state index contributed by atoms with van der Waals surface area (Å²) in [5.74, 6) is -0.402. The molecule has 0 saturated carbocycles. The minimum Gasteiger partial charge on any atom is -0.349 e. The Morgan fingerprint density at radius 2 is 1.97 bits per heavy atom. The summed E-state index contributed by atoms with van der Waals surface area (Å²) in [6.45, 7) is 8.80. The second-order valence-electron chi connectivity index (χ2n) is 7.95. The molecule has 1 amide bonds. The number of amides is 1. The standard InChI is InChI=1S/C23H25FN8OS2.ClH/c1-3-31(4-2)23-28-16-6-5-14(11-18(16)35-23)19-15(24)12-26-21(29-19)30-22-27-17(13-34-22)20(33)32-9-7-25-8-10-32;/h5-6,11-13,25H,3-4,7-10H2,1-2H3,(H,26,27,29,30);1H. The maximum absolute atomic E-state index is 14.7. The van der Waals surface area contributed by atoms with Gasteiger partial charge in [-0.3, -0.25) is 4.79 Å². The summed E-state index contributed by atoms with van der Waals surface area (Å²) in [5, 5.41) is 9.37. The minimum absolute atomic E-state index is 0. The lowest BCUT2D eigenvalue weighted by atomic mass is 10.1. The van der Waals surface area contributed by atoms with Crippen molar-refractivity contribution in [3.63, 3.8) is 0 Å². The third-order valence-electron chi connectivity index (χ3n) is 5.77. The number of carbonyl (C=O) groups excluding carboxylic acids is 1. The Balaban J connectivity index is 0.00000304. The van der Waals surface area contributed by atoms with Crippen LogP contribution in [0.15, 0.2) is 29.8 Å². The van der Waals surface area contributed by atoms with E-state index in [0.29, 0.717) is 29.5 Å². The molecule has 0 radical (unpaired) electrons. The molecule has 0 aliphatic carbocycles. The summed E-state index contributed by atoms with van der Waals surface area (Å²) in [6.07, 6.45) is 1.14. The normalized spacial score (nSPS) is 13.5. The van der Waals surface area contributed by atoms with Crippen LogP contribution in [0.1, 0.15) is 24.3 Å². The topological polar surface area (TPSA) is 99.2 Å². The highest BCUT2D eigenvalue weighted by atomic mass is 35.5. The average molecular weight is 549 g/mol. The van der Waals surface area contributed by atoms with Crippen molar-refractivity contribution < 1.29 is 9.18 Å².